The highest BCUT2D eigenvalue weighted by Crippen LogP contribution is 2.38. The molecule has 0 spiro atoms. The second-order valence-corrected chi connectivity index (χ2v) is 12.6. The summed E-state index contributed by atoms with van der Waals surface area (Å²) >= 11 is 0. The Balaban J connectivity index is 1.35. The zero-order valence-corrected chi connectivity index (χ0v) is 27.3. The van der Waals surface area contributed by atoms with Crippen molar-refractivity contribution in [3.63, 3.8) is 0 Å². The lowest BCUT2D eigenvalue weighted by atomic mass is 10.2. The van der Waals surface area contributed by atoms with Gasteiger partial charge in [0.05, 0.1) is 46.8 Å². The first-order valence-electron chi connectivity index (χ1n) is 16.2. The first-order chi connectivity index (χ1) is 23.4. The Labute approximate surface area is 278 Å². The van der Waals surface area contributed by atoms with E-state index in [1.807, 2.05) is 72.2 Å². The van der Waals surface area contributed by atoms with Gasteiger partial charge in [-0.3, -0.25) is 19.0 Å². The predicted molar refractivity (Wildman–Crippen MR) is 191 cm³/mol. The molecule has 0 saturated carbocycles. The maximum absolute atomic E-state index is 5.23. The zero-order valence-electron chi connectivity index (χ0n) is 27.3. The van der Waals surface area contributed by atoms with Crippen LogP contribution in [0.3, 0.4) is 0 Å². The van der Waals surface area contributed by atoms with Gasteiger partial charge in [0.25, 0.3) is 0 Å². The van der Waals surface area contributed by atoms with E-state index in [-0.39, 0.29) is 0 Å². The van der Waals surface area contributed by atoms with E-state index in [0.29, 0.717) is 11.8 Å². The topological polar surface area (TPSA) is 82.5 Å². The Morgan fingerprint density at radius 3 is 1.85 bits per heavy atom. The number of hydrogen-bond acceptors (Lipinski definition) is 6. The third-order valence-electron chi connectivity index (χ3n) is 8.66. The van der Waals surface area contributed by atoms with E-state index in [9.17, 15) is 0 Å². The maximum Gasteiger partial charge on any atom is 0.142 e. The van der Waals surface area contributed by atoms with Gasteiger partial charge >= 0.3 is 0 Å². The van der Waals surface area contributed by atoms with Gasteiger partial charge < -0.3 is 4.57 Å². The van der Waals surface area contributed by atoms with Crippen LogP contribution in [0.2, 0.25) is 0 Å². The minimum absolute atomic E-state index is 0.297. The molecular formula is C39H35N9. The summed E-state index contributed by atoms with van der Waals surface area (Å²) in [7, 11) is 0. The number of rotatable bonds is 8. The van der Waals surface area contributed by atoms with Crippen molar-refractivity contribution in [1.82, 2.24) is 38.6 Å². The lowest BCUT2D eigenvalue weighted by molar-refractivity contribution is 0.831. The van der Waals surface area contributed by atoms with E-state index in [0.717, 1.165) is 67.7 Å². The molecule has 6 heterocycles. The van der Waals surface area contributed by atoms with Crippen LogP contribution in [-0.2, 0) is 0 Å². The number of fused-ring (bicyclic) bond motifs is 3. The lowest BCUT2D eigenvalue weighted by Gasteiger charge is -2.24. The molecule has 0 atom stereocenters. The van der Waals surface area contributed by atoms with Gasteiger partial charge in [0.2, 0.25) is 0 Å². The number of nitrogens with zero attached hydrogens (tertiary/aromatic N) is 9. The summed E-state index contributed by atoms with van der Waals surface area (Å²) in [5.74, 6) is 2.92. The summed E-state index contributed by atoms with van der Waals surface area (Å²) in [6.07, 6.45) is 13.5. The molecule has 0 radical (unpaired) electrons. The number of pyridine rings is 3. The summed E-state index contributed by atoms with van der Waals surface area (Å²) < 4.78 is 6.20. The number of para-hydroxylation sites is 2. The van der Waals surface area contributed by atoms with Crippen molar-refractivity contribution in [2.24, 2.45) is 0 Å². The van der Waals surface area contributed by atoms with Gasteiger partial charge in [-0.1, -0.05) is 64.1 Å². The van der Waals surface area contributed by atoms with Crippen molar-refractivity contribution in [3.05, 3.63) is 140 Å². The van der Waals surface area contributed by atoms with Gasteiger partial charge in [0.1, 0.15) is 23.8 Å². The first kappa shape index (κ1) is 29.3. The molecular weight excluding hydrogens is 594 g/mol. The fourth-order valence-corrected chi connectivity index (χ4v) is 6.11. The van der Waals surface area contributed by atoms with E-state index in [2.05, 4.69) is 118 Å². The van der Waals surface area contributed by atoms with Crippen molar-refractivity contribution in [2.45, 2.75) is 39.5 Å². The number of anilines is 3. The van der Waals surface area contributed by atoms with Crippen LogP contribution in [0.1, 0.15) is 50.9 Å². The van der Waals surface area contributed by atoms with Crippen LogP contribution in [0.25, 0.3) is 39.1 Å². The molecule has 2 aromatic carbocycles. The van der Waals surface area contributed by atoms with Gasteiger partial charge in [-0.2, -0.15) is 0 Å². The van der Waals surface area contributed by atoms with Crippen LogP contribution < -0.4 is 4.90 Å². The van der Waals surface area contributed by atoms with Gasteiger partial charge in [-0.25, -0.2) is 19.9 Å². The molecule has 0 aliphatic heterocycles. The van der Waals surface area contributed by atoms with Crippen LogP contribution in [0.15, 0.2) is 129 Å². The molecule has 0 N–H and O–H groups in total. The quantitative estimate of drug-likeness (QED) is 0.167. The molecule has 8 aromatic rings. The Bertz CT molecular complexity index is 2260. The van der Waals surface area contributed by atoms with Crippen LogP contribution >= 0.6 is 0 Å². The molecule has 0 unspecified atom stereocenters. The monoisotopic (exact) mass is 629 g/mol. The standard InChI is InChI=1S/C39H35N9/c1-26(2)33-22-45(24-42-33)30-17-38(46-23-34(27(3)4)43-25-46)44-39(18-30)48-35-20-40-16-15-31(35)32-19-37(41-21-36(32)48)47(28-11-7-5-8-12-28)29-13-9-6-10-14-29/h5-27H,1-4H3. The first-order valence-corrected chi connectivity index (χ1v) is 16.2. The fraction of sp³-hybridized carbons (Fsp3) is 0.154. The molecule has 0 amide bonds. The minimum Gasteiger partial charge on any atom is -0.306 e. The Hall–Kier alpha value is -6.09. The summed E-state index contributed by atoms with van der Waals surface area (Å²) in [6.45, 7) is 8.59. The zero-order chi connectivity index (χ0) is 32.8. The molecule has 0 bridgehead atoms. The number of hydrogen-bond donors (Lipinski definition) is 0. The Kier molecular flexibility index (Phi) is 7.29. The molecule has 0 aliphatic rings. The normalized spacial score (nSPS) is 11.7. The molecule has 9 nitrogen and oxygen atoms in total. The minimum atomic E-state index is 0.297. The third-order valence-corrected chi connectivity index (χ3v) is 8.66. The van der Waals surface area contributed by atoms with E-state index < -0.39 is 0 Å². The van der Waals surface area contributed by atoms with Gasteiger partial charge in [-0.15, -0.1) is 0 Å². The number of benzene rings is 2. The van der Waals surface area contributed by atoms with Crippen molar-refractivity contribution in [1.29, 1.82) is 0 Å². The van der Waals surface area contributed by atoms with Crippen molar-refractivity contribution in [2.75, 3.05) is 4.90 Å². The molecule has 8 rings (SSSR count). The SMILES string of the molecule is CC(C)c1cn(-c2cc(-n3cnc(C(C)C)c3)nc(-n3c4cnccc4c4cc(N(c5ccccc5)c5ccccc5)ncc43)c2)cn1. The van der Waals surface area contributed by atoms with Crippen LogP contribution in [0.5, 0.6) is 0 Å². The number of imidazole rings is 2. The fourth-order valence-electron chi connectivity index (χ4n) is 6.11. The highest BCUT2D eigenvalue weighted by Gasteiger charge is 2.20. The van der Waals surface area contributed by atoms with Crippen LogP contribution in [0.4, 0.5) is 17.2 Å². The van der Waals surface area contributed by atoms with Crippen molar-refractivity contribution in [3.8, 4) is 17.3 Å². The molecule has 48 heavy (non-hydrogen) atoms. The molecule has 236 valence electrons. The van der Waals surface area contributed by atoms with Crippen molar-refractivity contribution >= 4 is 39.0 Å². The largest absolute Gasteiger partial charge is 0.306 e. The van der Waals surface area contributed by atoms with Gasteiger partial charge in [0, 0.05) is 52.9 Å². The van der Waals surface area contributed by atoms with E-state index in [1.165, 1.54) is 0 Å². The highest BCUT2D eigenvalue weighted by atomic mass is 15.2. The third kappa shape index (κ3) is 5.19. The van der Waals surface area contributed by atoms with E-state index >= 15 is 0 Å². The second kappa shape index (κ2) is 11.9. The van der Waals surface area contributed by atoms with Gasteiger partial charge in [-0.05, 0) is 48.2 Å². The molecule has 0 aliphatic carbocycles. The van der Waals surface area contributed by atoms with Crippen molar-refractivity contribution < 1.29 is 0 Å². The lowest BCUT2D eigenvalue weighted by Crippen LogP contribution is -2.11. The second-order valence-electron chi connectivity index (χ2n) is 12.6. The number of aromatic nitrogens is 8. The summed E-state index contributed by atoms with van der Waals surface area (Å²) in [5, 5.41) is 2.12. The smallest absolute Gasteiger partial charge is 0.142 e. The van der Waals surface area contributed by atoms with E-state index in [1.54, 1.807) is 0 Å². The maximum atomic E-state index is 5.23. The van der Waals surface area contributed by atoms with Crippen LogP contribution in [-0.4, -0.2) is 38.6 Å². The Morgan fingerprint density at radius 2 is 1.21 bits per heavy atom. The van der Waals surface area contributed by atoms with E-state index in [4.69, 9.17) is 9.97 Å². The molecule has 6 aromatic heterocycles. The van der Waals surface area contributed by atoms with Crippen LogP contribution in [0, 0.1) is 0 Å². The summed E-state index contributed by atoms with van der Waals surface area (Å²) in [5.41, 5.74) is 6.91. The summed E-state index contributed by atoms with van der Waals surface area (Å²) in [6, 6.07) is 29.0. The predicted octanol–water partition coefficient (Wildman–Crippen LogP) is 9.06. The highest BCUT2D eigenvalue weighted by molar-refractivity contribution is 6.09. The molecule has 9 heteroatoms. The molecule has 0 saturated heterocycles. The Morgan fingerprint density at radius 1 is 0.604 bits per heavy atom. The average molecular weight is 630 g/mol. The average Bonchev–Trinajstić information content (AvgIpc) is 3.88. The summed E-state index contributed by atoms with van der Waals surface area (Å²) in [4.78, 5) is 26.4. The van der Waals surface area contributed by atoms with Gasteiger partial charge in [0.15, 0.2) is 0 Å². The molecule has 0 fully saturated rings.